The molecule has 0 bridgehead atoms. The summed E-state index contributed by atoms with van der Waals surface area (Å²) in [5, 5.41) is 30.0. The molecular formula is C30H31Cl2N7O6. The molecule has 1 atom stereocenters. The number of nitrogens with zero attached hydrogens (tertiary/aromatic N) is 5. The van der Waals surface area contributed by atoms with Crippen LogP contribution in [0.1, 0.15) is 38.7 Å². The van der Waals surface area contributed by atoms with Crippen LogP contribution in [0.4, 0.5) is 26.7 Å². The number of nitro benzene ring substituents is 1. The van der Waals surface area contributed by atoms with E-state index in [0.29, 0.717) is 44.9 Å². The maximum atomic E-state index is 13.8. The van der Waals surface area contributed by atoms with Crippen molar-refractivity contribution in [2.24, 2.45) is 5.10 Å². The molecule has 1 saturated heterocycles. The van der Waals surface area contributed by atoms with E-state index < -0.39 is 28.7 Å². The van der Waals surface area contributed by atoms with Gasteiger partial charge in [0.25, 0.3) is 5.69 Å². The van der Waals surface area contributed by atoms with Gasteiger partial charge in [0.2, 0.25) is 5.91 Å². The lowest BCUT2D eigenvalue weighted by atomic mass is 9.99. The van der Waals surface area contributed by atoms with Crippen LogP contribution in [0.3, 0.4) is 0 Å². The third-order valence-corrected chi connectivity index (χ3v) is 7.67. The third kappa shape index (κ3) is 8.06. The highest BCUT2D eigenvalue weighted by Crippen LogP contribution is 2.38. The Bertz CT molecular complexity index is 1580. The Morgan fingerprint density at radius 3 is 2.36 bits per heavy atom. The summed E-state index contributed by atoms with van der Waals surface area (Å²) in [6, 6.07) is 17.3. The number of amides is 5. The molecule has 0 saturated carbocycles. The second kappa shape index (κ2) is 14.4. The van der Waals surface area contributed by atoms with Crippen LogP contribution < -0.4 is 15.6 Å². The zero-order valence-electron chi connectivity index (χ0n) is 24.4. The smallest absolute Gasteiger partial charge is 0.315 e. The molecule has 4 rings (SSSR count). The standard InChI is InChI=1S/C30H31Cl2N7O6/c1-30(2)27(38(43)28(41)34-23-13-9-21(31)10-14-23)37(24-15-11-22(32)12-16-24)29(42)36(30)17-4-3-8-26(40)35-33-19-20-6-5-7-25(18-20)39(44)45/h5-7,9-16,18-19,27,43H,3-4,8,17H2,1-2H3,(H,34,41)(H,35,40). The van der Waals surface area contributed by atoms with Crippen LogP contribution in [-0.4, -0.2) is 62.5 Å². The van der Waals surface area contributed by atoms with Crippen LogP contribution in [0.2, 0.25) is 10.0 Å². The number of rotatable bonds is 11. The summed E-state index contributed by atoms with van der Waals surface area (Å²) in [5.74, 6) is -0.371. The molecular weight excluding hydrogens is 625 g/mol. The first-order valence-electron chi connectivity index (χ1n) is 13.9. The zero-order chi connectivity index (χ0) is 32.7. The molecule has 1 aliphatic rings. The lowest BCUT2D eigenvalue weighted by Gasteiger charge is -2.38. The third-order valence-electron chi connectivity index (χ3n) is 7.17. The lowest BCUT2D eigenvalue weighted by molar-refractivity contribution is -0.384. The summed E-state index contributed by atoms with van der Waals surface area (Å²) in [5.41, 5.74) is 2.50. The van der Waals surface area contributed by atoms with Crippen LogP contribution >= 0.6 is 23.2 Å². The highest BCUT2D eigenvalue weighted by atomic mass is 35.5. The lowest BCUT2D eigenvalue weighted by Crippen LogP contribution is -2.58. The highest BCUT2D eigenvalue weighted by molar-refractivity contribution is 6.31. The van der Waals surface area contributed by atoms with E-state index in [4.69, 9.17) is 23.2 Å². The van der Waals surface area contributed by atoms with Gasteiger partial charge in [0.15, 0.2) is 6.17 Å². The first-order valence-corrected chi connectivity index (χ1v) is 14.6. The molecule has 15 heteroatoms. The van der Waals surface area contributed by atoms with E-state index in [0.717, 1.165) is 0 Å². The number of anilines is 2. The highest BCUT2D eigenvalue weighted by Gasteiger charge is 2.55. The summed E-state index contributed by atoms with van der Waals surface area (Å²) in [7, 11) is 0. The van der Waals surface area contributed by atoms with Gasteiger partial charge in [-0.05, 0) is 75.2 Å². The summed E-state index contributed by atoms with van der Waals surface area (Å²) >= 11 is 12.0. The molecule has 0 spiro atoms. The van der Waals surface area contributed by atoms with Gasteiger partial charge in [-0.2, -0.15) is 10.2 Å². The van der Waals surface area contributed by atoms with Gasteiger partial charge in [-0.25, -0.2) is 15.0 Å². The van der Waals surface area contributed by atoms with Gasteiger partial charge in [0, 0.05) is 52.1 Å². The average molecular weight is 657 g/mol. The molecule has 5 amide bonds. The van der Waals surface area contributed by atoms with E-state index in [1.807, 2.05) is 0 Å². The van der Waals surface area contributed by atoms with Crippen molar-refractivity contribution in [1.82, 2.24) is 15.4 Å². The van der Waals surface area contributed by atoms with Crippen molar-refractivity contribution < 1.29 is 24.5 Å². The number of carbonyl (C=O) groups excluding carboxylic acids is 3. The van der Waals surface area contributed by atoms with Gasteiger partial charge in [-0.15, -0.1) is 0 Å². The molecule has 1 unspecified atom stereocenters. The maximum absolute atomic E-state index is 13.8. The average Bonchev–Trinajstić information content (AvgIpc) is 3.20. The predicted octanol–water partition coefficient (Wildman–Crippen LogP) is 6.49. The summed E-state index contributed by atoms with van der Waals surface area (Å²) in [4.78, 5) is 52.5. The SMILES string of the molecule is CC1(C)C(N(O)C(=O)Nc2ccc(Cl)cc2)N(c2ccc(Cl)cc2)C(=O)N1CCCCC(=O)NN=Cc1cccc([N+](=O)[O-])c1. The van der Waals surface area contributed by atoms with E-state index in [9.17, 15) is 29.7 Å². The molecule has 0 radical (unpaired) electrons. The van der Waals surface area contributed by atoms with E-state index in [1.54, 1.807) is 73.3 Å². The minimum Gasteiger partial charge on any atom is -0.315 e. The van der Waals surface area contributed by atoms with Crippen molar-refractivity contribution in [3.63, 3.8) is 0 Å². The molecule has 1 aliphatic heterocycles. The number of halogens is 2. The normalized spacial score (nSPS) is 15.8. The molecule has 236 valence electrons. The van der Waals surface area contributed by atoms with E-state index in [1.165, 1.54) is 29.3 Å². The molecule has 13 nitrogen and oxygen atoms in total. The van der Waals surface area contributed by atoms with Crippen LogP contribution in [0.25, 0.3) is 0 Å². The fourth-order valence-corrected chi connectivity index (χ4v) is 5.17. The van der Waals surface area contributed by atoms with Gasteiger partial charge in [0.05, 0.1) is 16.7 Å². The second-order valence-electron chi connectivity index (χ2n) is 10.7. The molecule has 0 aliphatic carbocycles. The van der Waals surface area contributed by atoms with Crippen molar-refractivity contribution in [1.29, 1.82) is 0 Å². The van der Waals surface area contributed by atoms with E-state index in [-0.39, 0.29) is 24.6 Å². The second-order valence-corrected chi connectivity index (χ2v) is 11.6. The van der Waals surface area contributed by atoms with Crippen molar-refractivity contribution in [3.8, 4) is 0 Å². The predicted molar refractivity (Wildman–Crippen MR) is 171 cm³/mol. The molecule has 0 aromatic heterocycles. The fourth-order valence-electron chi connectivity index (χ4n) is 4.92. The molecule has 1 heterocycles. The largest absolute Gasteiger partial charge is 0.347 e. The van der Waals surface area contributed by atoms with E-state index >= 15 is 0 Å². The quantitative estimate of drug-likeness (QED) is 0.0703. The fraction of sp³-hybridized carbons (Fsp3) is 0.267. The monoisotopic (exact) mass is 655 g/mol. The molecule has 3 N–H and O–H groups in total. The maximum Gasteiger partial charge on any atom is 0.347 e. The molecule has 3 aromatic rings. The Morgan fingerprint density at radius 2 is 1.71 bits per heavy atom. The Hall–Kier alpha value is -4.72. The number of hydrogen-bond acceptors (Lipinski definition) is 7. The number of hydroxylamine groups is 2. The first kappa shape index (κ1) is 33.2. The topological polar surface area (TPSA) is 161 Å². The Labute approximate surface area is 269 Å². The number of benzene rings is 3. The number of urea groups is 2. The van der Waals surface area contributed by atoms with Crippen LogP contribution in [-0.2, 0) is 4.79 Å². The van der Waals surface area contributed by atoms with Gasteiger partial charge in [-0.1, -0.05) is 35.3 Å². The van der Waals surface area contributed by atoms with Gasteiger partial charge >= 0.3 is 12.1 Å². The van der Waals surface area contributed by atoms with E-state index in [2.05, 4.69) is 15.8 Å². The molecule has 1 fully saturated rings. The van der Waals surface area contributed by atoms with Crippen LogP contribution in [0.5, 0.6) is 0 Å². The summed E-state index contributed by atoms with van der Waals surface area (Å²) < 4.78 is 0. The number of unbranched alkanes of at least 4 members (excludes halogenated alkanes) is 1. The Morgan fingerprint density at radius 1 is 1.07 bits per heavy atom. The minimum absolute atomic E-state index is 0.0898. The van der Waals surface area contributed by atoms with Crippen molar-refractivity contribution in [2.75, 3.05) is 16.8 Å². The van der Waals surface area contributed by atoms with Gasteiger partial charge in [-0.3, -0.25) is 25.0 Å². The minimum atomic E-state index is -1.13. The van der Waals surface area contributed by atoms with Crippen molar-refractivity contribution in [2.45, 2.75) is 44.8 Å². The summed E-state index contributed by atoms with van der Waals surface area (Å²) in [6.45, 7) is 3.70. The van der Waals surface area contributed by atoms with Crippen molar-refractivity contribution >= 4 is 64.4 Å². The number of hydrazone groups is 1. The first-order chi connectivity index (χ1) is 21.4. The number of nitro groups is 1. The van der Waals surface area contributed by atoms with Crippen LogP contribution in [0.15, 0.2) is 77.9 Å². The zero-order valence-corrected chi connectivity index (χ0v) is 25.9. The Balaban J connectivity index is 1.41. The number of hydrogen-bond donors (Lipinski definition) is 3. The molecule has 3 aromatic carbocycles. The summed E-state index contributed by atoms with van der Waals surface area (Å²) in [6.07, 6.45) is 1.12. The van der Waals surface area contributed by atoms with Gasteiger partial charge < -0.3 is 10.2 Å². The number of carbonyl (C=O) groups is 3. The molecule has 45 heavy (non-hydrogen) atoms. The van der Waals surface area contributed by atoms with Crippen LogP contribution in [0, 0.1) is 10.1 Å². The number of nitrogens with one attached hydrogen (secondary N) is 2. The van der Waals surface area contributed by atoms with Crippen molar-refractivity contribution in [3.05, 3.63) is 98.5 Å². The number of non-ortho nitro benzene ring substituents is 1. The van der Waals surface area contributed by atoms with Gasteiger partial charge in [0.1, 0.15) is 0 Å². The Kier molecular flexibility index (Phi) is 10.6.